The predicted molar refractivity (Wildman–Crippen MR) is 219 cm³/mol. The van der Waals surface area contributed by atoms with Crippen LogP contribution in [-0.4, -0.2) is 74.0 Å². The summed E-state index contributed by atoms with van der Waals surface area (Å²) in [7, 11) is 11.1. The number of benzene rings is 4. The van der Waals surface area contributed by atoms with Crippen LogP contribution in [0.1, 0.15) is 60.6 Å². The zero-order chi connectivity index (χ0) is 41.0. The largest absolute Gasteiger partial charge is 0.497 e. The molecule has 14 heteroatoms. The molecule has 2 heterocycles. The summed E-state index contributed by atoms with van der Waals surface area (Å²) in [5.41, 5.74) is 4.17. The number of nitrogens with zero attached hydrogens (tertiary/aromatic N) is 1. The van der Waals surface area contributed by atoms with Gasteiger partial charge in [0.25, 0.3) is 5.91 Å². The molecule has 1 unspecified atom stereocenters. The third-order valence-corrected chi connectivity index (χ3v) is 9.83. The van der Waals surface area contributed by atoms with Gasteiger partial charge in [-0.25, -0.2) is 0 Å². The van der Waals surface area contributed by atoms with Crippen molar-refractivity contribution >= 4 is 11.6 Å². The van der Waals surface area contributed by atoms with Gasteiger partial charge in [0.05, 0.1) is 68.5 Å². The molecule has 1 aromatic heterocycles. The lowest BCUT2D eigenvalue weighted by atomic mass is 10.0. The summed E-state index contributed by atoms with van der Waals surface area (Å²) in [6, 6.07) is 20.2. The van der Waals surface area contributed by atoms with Crippen LogP contribution < -0.4 is 53.3 Å². The average molecular weight is 798 g/mol. The van der Waals surface area contributed by atoms with Gasteiger partial charge in [-0.1, -0.05) is 36.9 Å². The van der Waals surface area contributed by atoms with Gasteiger partial charge in [-0.2, -0.15) is 0 Å². The second-order valence-corrected chi connectivity index (χ2v) is 13.4. The van der Waals surface area contributed by atoms with E-state index in [2.05, 4.69) is 15.8 Å². The number of hydrogen-bond donors (Lipinski definition) is 2. The highest BCUT2D eigenvalue weighted by Gasteiger charge is 2.26. The molecule has 1 aliphatic rings. The maximum absolute atomic E-state index is 12.8. The van der Waals surface area contributed by atoms with Crippen LogP contribution >= 0.6 is 0 Å². The Morgan fingerprint density at radius 1 is 0.552 bits per heavy atom. The van der Waals surface area contributed by atoms with E-state index in [4.69, 9.17) is 47.2 Å². The van der Waals surface area contributed by atoms with Crippen LogP contribution in [0.2, 0.25) is 0 Å². The van der Waals surface area contributed by atoms with Crippen LogP contribution in [0.4, 0.5) is 5.69 Å². The van der Waals surface area contributed by atoms with E-state index in [0.29, 0.717) is 87.5 Å². The minimum Gasteiger partial charge on any atom is -0.497 e. The SMILES string of the molecule is COc1ccc2c(c1)C(=O)NC(c1ccc(OCCCCCCCCOc3c(OC)cc(-c4cc(-c5cc(OC)c(OC)c(OC)c5)no4)cc3OC)c(OC)c1)N2. The lowest BCUT2D eigenvalue weighted by molar-refractivity contribution is 0.0935. The minimum absolute atomic E-state index is 0.176. The highest BCUT2D eigenvalue weighted by atomic mass is 16.5. The van der Waals surface area contributed by atoms with Crippen molar-refractivity contribution in [3.05, 3.63) is 77.9 Å². The zero-order valence-corrected chi connectivity index (χ0v) is 34.0. The Balaban J connectivity index is 0.937. The molecular weight excluding hydrogens is 746 g/mol. The summed E-state index contributed by atoms with van der Waals surface area (Å²) < 4.78 is 56.8. The number of anilines is 1. The fourth-order valence-corrected chi connectivity index (χ4v) is 6.72. The summed E-state index contributed by atoms with van der Waals surface area (Å²) in [5.74, 6) is 5.34. The van der Waals surface area contributed by atoms with Crippen molar-refractivity contribution in [3.8, 4) is 74.3 Å². The first-order valence-electron chi connectivity index (χ1n) is 19.1. The van der Waals surface area contributed by atoms with Crippen LogP contribution in [0.5, 0.6) is 51.7 Å². The van der Waals surface area contributed by atoms with E-state index in [9.17, 15) is 4.79 Å². The summed E-state index contributed by atoms with van der Waals surface area (Å²) >= 11 is 0. The monoisotopic (exact) mass is 797 g/mol. The zero-order valence-electron chi connectivity index (χ0n) is 34.0. The van der Waals surface area contributed by atoms with Gasteiger partial charge in [0.2, 0.25) is 11.5 Å². The van der Waals surface area contributed by atoms with Crippen molar-refractivity contribution in [2.45, 2.75) is 44.7 Å². The number of amides is 1. The van der Waals surface area contributed by atoms with Gasteiger partial charge < -0.3 is 57.8 Å². The van der Waals surface area contributed by atoms with Crippen molar-refractivity contribution in [1.82, 2.24) is 10.5 Å². The fourth-order valence-electron chi connectivity index (χ4n) is 6.72. The Kier molecular flexibility index (Phi) is 13.9. The fraction of sp³-hybridized carbons (Fsp3) is 0.364. The topological polar surface area (TPSA) is 150 Å². The molecule has 14 nitrogen and oxygen atoms in total. The van der Waals surface area contributed by atoms with Gasteiger partial charge >= 0.3 is 0 Å². The van der Waals surface area contributed by atoms with Gasteiger partial charge in [-0.05, 0) is 73.0 Å². The standard InChI is InChI=1S/C44H51N3O11/c1-49-30-15-16-32-31(25-30)44(48)46-43(45-32)27-14-17-34(36(20-27)50-2)56-18-12-10-8-9-11-13-19-57-42-39(53-5)23-29(24-40(42)54-6)35-26-33(47-58-35)28-21-37(51-3)41(55-7)38(22-28)52-4/h14-17,20-26,43,45H,8-13,18-19H2,1-7H3,(H,46,48). The number of ether oxygens (including phenoxy) is 9. The molecule has 0 aliphatic carbocycles. The van der Waals surface area contributed by atoms with Gasteiger partial charge in [0, 0.05) is 22.9 Å². The second-order valence-electron chi connectivity index (χ2n) is 13.4. The predicted octanol–water partition coefficient (Wildman–Crippen LogP) is 8.72. The lowest BCUT2D eigenvalue weighted by Crippen LogP contribution is -2.38. The molecule has 0 saturated carbocycles. The van der Waals surface area contributed by atoms with E-state index in [0.717, 1.165) is 55.3 Å². The molecule has 308 valence electrons. The second kappa shape index (κ2) is 19.6. The lowest BCUT2D eigenvalue weighted by Gasteiger charge is -2.28. The molecular formula is C44H51N3O11. The number of unbranched alkanes of at least 4 members (excludes halogenated alkanes) is 5. The molecule has 4 aromatic carbocycles. The number of fused-ring (bicyclic) bond motifs is 1. The number of aromatic nitrogens is 1. The average Bonchev–Trinajstić information content (AvgIpc) is 3.76. The van der Waals surface area contributed by atoms with E-state index in [1.54, 1.807) is 55.8 Å². The van der Waals surface area contributed by atoms with E-state index in [1.807, 2.05) is 60.7 Å². The number of carbonyl (C=O) groups excluding carboxylic acids is 1. The Labute approximate surface area is 338 Å². The van der Waals surface area contributed by atoms with E-state index in [-0.39, 0.29) is 5.91 Å². The van der Waals surface area contributed by atoms with E-state index >= 15 is 0 Å². The highest BCUT2D eigenvalue weighted by molar-refractivity contribution is 6.02. The number of methoxy groups -OCH3 is 7. The molecule has 58 heavy (non-hydrogen) atoms. The number of rotatable bonds is 21. The summed E-state index contributed by atoms with van der Waals surface area (Å²) in [5, 5.41) is 10.7. The first-order chi connectivity index (χ1) is 28.3. The van der Waals surface area contributed by atoms with Crippen LogP contribution in [-0.2, 0) is 0 Å². The van der Waals surface area contributed by atoms with Gasteiger partial charge in [-0.3, -0.25) is 4.79 Å². The summed E-state index contributed by atoms with van der Waals surface area (Å²) in [6.45, 7) is 1.09. The van der Waals surface area contributed by atoms with Crippen molar-refractivity contribution < 1.29 is 51.9 Å². The van der Waals surface area contributed by atoms with Crippen LogP contribution in [0.3, 0.4) is 0 Å². The third-order valence-electron chi connectivity index (χ3n) is 9.83. The highest BCUT2D eigenvalue weighted by Crippen LogP contribution is 2.44. The smallest absolute Gasteiger partial charge is 0.255 e. The molecule has 0 radical (unpaired) electrons. The maximum Gasteiger partial charge on any atom is 0.255 e. The number of hydrogen-bond acceptors (Lipinski definition) is 13. The van der Waals surface area contributed by atoms with Crippen LogP contribution in [0.25, 0.3) is 22.6 Å². The maximum atomic E-state index is 12.8. The molecule has 6 rings (SSSR count). The molecule has 0 fully saturated rings. The summed E-state index contributed by atoms with van der Waals surface area (Å²) in [6.07, 6.45) is 5.59. The minimum atomic E-state index is -0.408. The van der Waals surface area contributed by atoms with Crippen LogP contribution in [0.15, 0.2) is 71.3 Å². The van der Waals surface area contributed by atoms with Crippen molar-refractivity contribution in [2.75, 3.05) is 68.3 Å². The molecule has 0 spiro atoms. The van der Waals surface area contributed by atoms with Gasteiger partial charge in [0.1, 0.15) is 17.6 Å². The van der Waals surface area contributed by atoms with Gasteiger partial charge in [0.15, 0.2) is 40.3 Å². The number of nitrogens with one attached hydrogen (secondary N) is 2. The third kappa shape index (κ3) is 9.39. The molecule has 1 amide bonds. The molecule has 2 N–H and O–H groups in total. The molecule has 5 aromatic rings. The first kappa shape index (κ1) is 41.2. The molecule has 0 bridgehead atoms. The van der Waals surface area contributed by atoms with Crippen LogP contribution in [0, 0.1) is 0 Å². The molecule has 0 saturated heterocycles. The summed E-state index contributed by atoms with van der Waals surface area (Å²) in [4.78, 5) is 12.8. The Bertz CT molecular complexity index is 2120. The molecule has 1 atom stereocenters. The Morgan fingerprint density at radius 3 is 1.78 bits per heavy atom. The van der Waals surface area contributed by atoms with Crippen molar-refractivity contribution in [3.63, 3.8) is 0 Å². The van der Waals surface area contributed by atoms with Crippen molar-refractivity contribution in [2.24, 2.45) is 0 Å². The van der Waals surface area contributed by atoms with E-state index in [1.165, 1.54) is 0 Å². The number of carbonyl (C=O) groups is 1. The molecule has 1 aliphatic heterocycles. The van der Waals surface area contributed by atoms with Gasteiger partial charge in [-0.15, -0.1) is 0 Å². The normalized spacial score (nSPS) is 13.1. The van der Waals surface area contributed by atoms with E-state index < -0.39 is 6.17 Å². The Hall–Kier alpha value is -6.44. The first-order valence-corrected chi connectivity index (χ1v) is 19.1. The quantitative estimate of drug-likeness (QED) is 0.0682. The van der Waals surface area contributed by atoms with Crippen molar-refractivity contribution in [1.29, 1.82) is 0 Å². The Morgan fingerprint density at radius 2 is 1.16 bits per heavy atom.